The van der Waals surface area contributed by atoms with Crippen LogP contribution in [0, 0.1) is 17.2 Å². The lowest BCUT2D eigenvalue weighted by atomic mass is 9.75. The highest BCUT2D eigenvalue weighted by atomic mass is 35.5. The van der Waals surface area contributed by atoms with E-state index in [1.165, 1.54) is 0 Å². The van der Waals surface area contributed by atoms with E-state index >= 15 is 0 Å². The van der Waals surface area contributed by atoms with E-state index in [9.17, 15) is 9.59 Å². The second kappa shape index (κ2) is 11.9. The first-order chi connectivity index (χ1) is 16.4. The van der Waals surface area contributed by atoms with Crippen molar-refractivity contribution in [2.45, 2.75) is 26.2 Å². The van der Waals surface area contributed by atoms with Gasteiger partial charge in [-0.05, 0) is 49.2 Å². The van der Waals surface area contributed by atoms with Crippen molar-refractivity contribution in [1.82, 2.24) is 10.3 Å². The Hall–Kier alpha value is -3.76. The van der Waals surface area contributed by atoms with Crippen molar-refractivity contribution < 1.29 is 14.3 Å². The molecule has 1 aliphatic rings. The Morgan fingerprint density at radius 3 is 2.71 bits per heavy atom. The van der Waals surface area contributed by atoms with Crippen LogP contribution in [0.3, 0.4) is 0 Å². The van der Waals surface area contributed by atoms with Crippen LogP contribution in [0.2, 0.25) is 5.02 Å². The summed E-state index contributed by atoms with van der Waals surface area (Å²) >= 11 is 6.24. The van der Waals surface area contributed by atoms with E-state index in [1.807, 2.05) is 36.4 Å². The van der Waals surface area contributed by atoms with Gasteiger partial charge in [-0.15, -0.1) is 0 Å². The number of halogens is 1. The number of esters is 1. The zero-order chi connectivity index (χ0) is 24.5. The van der Waals surface area contributed by atoms with E-state index in [0.717, 1.165) is 5.56 Å². The molecule has 0 bridgehead atoms. The SMILES string of the molecule is CC1=NC(C)=C(C(=O)NCC=Cc2ccncc2)C(c2cccc(Cl)c2)C1C(=O)OCCC#N. The molecule has 8 heteroatoms. The van der Waals surface area contributed by atoms with Gasteiger partial charge in [-0.25, -0.2) is 0 Å². The van der Waals surface area contributed by atoms with Crippen molar-refractivity contribution in [2.24, 2.45) is 10.9 Å². The molecule has 2 aromatic rings. The molecule has 3 rings (SSSR count). The Labute approximate surface area is 203 Å². The molecule has 0 radical (unpaired) electrons. The van der Waals surface area contributed by atoms with Crippen LogP contribution in [-0.2, 0) is 14.3 Å². The largest absolute Gasteiger partial charge is 0.464 e. The number of ether oxygens (including phenoxy) is 1. The molecule has 1 N–H and O–H groups in total. The first kappa shape index (κ1) is 24.9. The van der Waals surface area contributed by atoms with Crippen LogP contribution in [0.1, 0.15) is 37.3 Å². The van der Waals surface area contributed by atoms with Crippen LogP contribution in [0.4, 0.5) is 0 Å². The first-order valence-electron chi connectivity index (χ1n) is 10.8. The van der Waals surface area contributed by atoms with E-state index in [1.54, 1.807) is 44.4 Å². The summed E-state index contributed by atoms with van der Waals surface area (Å²) in [6.45, 7) is 3.76. The predicted molar refractivity (Wildman–Crippen MR) is 131 cm³/mol. The summed E-state index contributed by atoms with van der Waals surface area (Å²) in [5, 5.41) is 12.2. The van der Waals surface area contributed by atoms with Gasteiger partial charge in [-0.3, -0.25) is 19.6 Å². The molecule has 0 fully saturated rings. The summed E-state index contributed by atoms with van der Waals surface area (Å²) in [4.78, 5) is 34.8. The summed E-state index contributed by atoms with van der Waals surface area (Å²) in [7, 11) is 0. The van der Waals surface area contributed by atoms with Crippen LogP contribution in [-0.4, -0.2) is 35.7 Å². The number of nitrogens with zero attached hydrogens (tertiary/aromatic N) is 3. The lowest BCUT2D eigenvalue weighted by Crippen LogP contribution is -2.39. The first-order valence-corrected chi connectivity index (χ1v) is 11.2. The summed E-state index contributed by atoms with van der Waals surface area (Å²) in [5.74, 6) is -2.30. The number of nitrogens with one attached hydrogen (secondary N) is 1. The molecule has 1 aliphatic heterocycles. The fraction of sp³-hybridized carbons (Fsp3) is 0.269. The lowest BCUT2D eigenvalue weighted by molar-refractivity contribution is -0.146. The van der Waals surface area contributed by atoms with Gasteiger partial charge in [0.05, 0.1) is 12.5 Å². The predicted octanol–water partition coefficient (Wildman–Crippen LogP) is 4.47. The molecule has 0 spiro atoms. The number of rotatable bonds is 8. The highest BCUT2D eigenvalue weighted by Crippen LogP contribution is 2.40. The Kier molecular flexibility index (Phi) is 8.72. The quantitative estimate of drug-likeness (QED) is 0.447. The number of hydrogen-bond donors (Lipinski definition) is 1. The highest BCUT2D eigenvalue weighted by Gasteiger charge is 2.41. The van der Waals surface area contributed by atoms with Crippen molar-refractivity contribution in [3.8, 4) is 6.07 Å². The Morgan fingerprint density at radius 2 is 2.00 bits per heavy atom. The average Bonchev–Trinajstić information content (AvgIpc) is 2.82. The topological polar surface area (TPSA) is 104 Å². The van der Waals surface area contributed by atoms with Gasteiger partial charge in [0.2, 0.25) is 5.91 Å². The van der Waals surface area contributed by atoms with Crippen molar-refractivity contribution in [2.75, 3.05) is 13.2 Å². The maximum atomic E-state index is 13.3. The third-order valence-corrected chi connectivity index (χ3v) is 5.62. The monoisotopic (exact) mass is 476 g/mol. The molecule has 2 unspecified atom stereocenters. The molecule has 0 aliphatic carbocycles. The van der Waals surface area contributed by atoms with Crippen LogP contribution < -0.4 is 5.32 Å². The molecule has 174 valence electrons. The second-order valence-electron chi connectivity index (χ2n) is 7.73. The van der Waals surface area contributed by atoms with Crippen molar-refractivity contribution in [3.63, 3.8) is 0 Å². The van der Waals surface area contributed by atoms with Gasteiger partial charge in [-0.2, -0.15) is 5.26 Å². The van der Waals surface area contributed by atoms with Gasteiger partial charge in [-0.1, -0.05) is 35.9 Å². The van der Waals surface area contributed by atoms with E-state index in [-0.39, 0.29) is 18.9 Å². The lowest BCUT2D eigenvalue weighted by Gasteiger charge is -2.32. The van der Waals surface area contributed by atoms with E-state index in [0.29, 0.717) is 34.1 Å². The molecule has 7 nitrogen and oxygen atoms in total. The van der Waals surface area contributed by atoms with Gasteiger partial charge in [0.15, 0.2) is 0 Å². The number of hydrogen-bond acceptors (Lipinski definition) is 6. The minimum Gasteiger partial charge on any atom is -0.464 e. The molecule has 2 atom stereocenters. The number of nitriles is 1. The van der Waals surface area contributed by atoms with Gasteiger partial charge in [0, 0.05) is 46.9 Å². The highest BCUT2D eigenvalue weighted by molar-refractivity contribution is 6.30. The molecule has 1 aromatic carbocycles. The Balaban J connectivity index is 1.89. The summed E-state index contributed by atoms with van der Waals surface area (Å²) in [6, 6.07) is 12.8. The Morgan fingerprint density at radius 1 is 1.24 bits per heavy atom. The number of aliphatic imine (C=N–C) groups is 1. The molecule has 1 amide bonds. The third kappa shape index (κ3) is 6.18. The molecular weight excluding hydrogens is 452 g/mol. The zero-order valence-corrected chi connectivity index (χ0v) is 19.7. The molecular formula is C26H25ClN4O3. The fourth-order valence-corrected chi connectivity index (χ4v) is 4.10. The number of aromatic nitrogens is 1. The normalized spacial score (nSPS) is 17.8. The second-order valence-corrected chi connectivity index (χ2v) is 8.17. The maximum Gasteiger partial charge on any atom is 0.315 e. The number of allylic oxidation sites excluding steroid dienone is 1. The standard InChI is InChI=1S/C26H25ClN4O3/c1-17-22(25(32)30-12-4-6-19-9-13-29-14-10-19)24(20-7-3-8-21(27)16-20)23(18(2)31-17)26(33)34-15-5-11-28/h3-4,6-10,13-14,16,23-24H,5,12,15H2,1-2H3,(H,30,32). The molecule has 1 aromatic heterocycles. The van der Waals surface area contributed by atoms with Crippen molar-refractivity contribution in [3.05, 3.63) is 82.3 Å². The minimum absolute atomic E-state index is 0.0224. The average molecular weight is 477 g/mol. The van der Waals surface area contributed by atoms with Crippen LogP contribution in [0.5, 0.6) is 0 Å². The third-order valence-electron chi connectivity index (χ3n) is 5.39. The van der Waals surface area contributed by atoms with Crippen LogP contribution in [0.15, 0.2) is 71.1 Å². The number of carbonyl (C=O) groups is 2. The maximum absolute atomic E-state index is 13.3. The number of benzene rings is 1. The smallest absolute Gasteiger partial charge is 0.315 e. The summed E-state index contributed by atoms with van der Waals surface area (Å²) < 4.78 is 5.34. The van der Waals surface area contributed by atoms with E-state index in [2.05, 4.69) is 15.3 Å². The van der Waals surface area contributed by atoms with Crippen LogP contribution in [0.25, 0.3) is 6.08 Å². The molecule has 2 heterocycles. The molecule has 0 saturated carbocycles. The van der Waals surface area contributed by atoms with Crippen LogP contribution >= 0.6 is 11.6 Å². The van der Waals surface area contributed by atoms with Crippen molar-refractivity contribution >= 4 is 35.3 Å². The summed E-state index contributed by atoms with van der Waals surface area (Å²) in [6.07, 6.45) is 7.20. The Bertz CT molecular complexity index is 1180. The number of pyridine rings is 1. The van der Waals surface area contributed by atoms with E-state index < -0.39 is 17.8 Å². The summed E-state index contributed by atoms with van der Waals surface area (Å²) in [5.41, 5.74) is 3.13. The van der Waals surface area contributed by atoms with Crippen molar-refractivity contribution in [1.29, 1.82) is 5.26 Å². The molecule has 0 saturated heterocycles. The molecule has 34 heavy (non-hydrogen) atoms. The fourth-order valence-electron chi connectivity index (χ4n) is 3.90. The van der Waals surface area contributed by atoms with E-state index in [4.69, 9.17) is 21.6 Å². The number of carbonyl (C=O) groups excluding carboxylic acids is 2. The van der Waals surface area contributed by atoms with Gasteiger partial charge in [0.1, 0.15) is 12.5 Å². The van der Waals surface area contributed by atoms with Gasteiger partial charge >= 0.3 is 5.97 Å². The zero-order valence-electron chi connectivity index (χ0n) is 19.0. The van der Waals surface area contributed by atoms with Gasteiger partial charge in [0.25, 0.3) is 0 Å². The number of amides is 1. The van der Waals surface area contributed by atoms with Gasteiger partial charge < -0.3 is 10.1 Å². The minimum atomic E-state index is -0.811.